The van der Waals surface area contributed by atoms with Crippen molar-refractivity contribution < 1.29 is 9.32 Å². The van der Waals surface area contributed by atoms with E-state index < -0.39 is 0 Å². The minimum atomic E-state index is -0.0628. The number of aromatic amines is 1. The zero-order chi connectivity index (χ0) is 15.5. The van der Waals surface area contributed by atoms with E-state index in [2.05, 4.69) is 31.6 Å². The largest absolute Gasteiger partial charge is 0.360 e. The van der Waals surface area contributed by atoms with E-state index in [1.165, 1.54) is 0 Å². The Morgan fingerprint density at radius 2 is 2.36 bits per heavy atom. The molecule has 1 aliphatic heterocycles. The standard InChI is InChI=1S/C15H21N5O2/c1-10-6-13(18-17-10)12-4-3-5-20(8-12)9-15(21)16-14-7-11(2)22-19-14/h6-7,12H,3-5,8-9H2,1-2H3,(H,17,18)(H,16,19,21)/t12-/m0/s1. The Morgan fingerprint density at radius 3 is 3.05 bits per heavy atom. The Hall–Kier alpha value is -2.15. The second-order valence-corrected chi connectivity index (χ2v) is 5.92. The van der Waals surface area contributed by atoms with Gasteiger partial charge in [0.1, 0.15) is 5.76 Å². The second-order valence-electron chi connectivity index (χ2n) is 5.92. The van der Waals surface area contributed by atoms with E-state index >= 15 is 0 Å². The third-order valence-electron chi connectivity index (χ3n) is 3.91. The highest BCUT2D eigenvalue weighted by molar-refractivity contribution is 5.91. The van der Waals surface area contributed by atoms with Crippen LogP contribution in [0.5, 0.6) is 0 Å². The predicted octanol–water partition coefficient (Wildman–Crippen LogP) is 1.83. The van der Waals surface area contributed by atoms with Gasteiger partial charge in [0.2, 0.25) is 5.91 Å². The van der Waals surface area contributed by atoms with Crippen LogP contribution in [-0.4, -0.2) is 45.8 Å². The molecule has 1 amide bonds. The first-order valence-electron chi connectivity index (χ1n) is 7.57. The summed E-state index contributed by atoms with van der Waals surface area (Å²) in [5.74, 6) is 1.48. The molecule has 7 heteroatoms. The SMILES string of the molecule is Cc1cc([C@H]2CCCN(CC(=O)Nc3cc(C)on3)C2)n[nH]1. The number of nitrogens with zero attached hydrogens (tertiary/aromatic N) is 3. The average Bonchev–Trinajstić information content (AvgIpc) is 3.08. The van der Waals surface area contributed by atoms with Crippen molar-refractivity contribution in [3.63, 3.8) is 0 Å². The van der Waals surface area contributed by atoms with Gasteiger partial charge in [-0.2, -0.15) is 5.10 Å². The van der Waals surface area contributed by atoms with Crippen LogP contribution in [0.1, 0.15) is 35.9 Å². The molecule has 1 atom stereocenters. The van der Waals surface area contributed by atoms with Crippen LogP contribution in [0.4, 0.5) is 5.82 Å². The smallest absolute Gasteiger partial charge is 0.239 e. The molecule has 0 bridgehead atoms. The highest BCUT2D eigenvalue weighted by Crippen LogP contribution is 2.25. The number of anilines is 1. The summed E-state index contributed by atoms with van der Waals surface area (Å²) >= 11 is 0. The van der Waals surface area contributed by atoms with Crippen LogP contribution in [0, 0.1) is 13.8 Å². The molecule has 2 N–H and O–H groups in total. The van der Waals surface area contributed by atoms with E-state index in [1.807, 2.05) is 6.92 Å². The molecule has 0 saturated carbocycles. The predicted molar refractivity (Wildman–Crippen MR) is 81.6 cm³/mol. The molecule has 0 unspecified atom stereocenters. The molecule has 2 aromatic rings. The molecular formula is C15H21N5O2. The van der Waals surface area contributed by atoms with Gasteiger partial charge in [-0.3, -0.25) is 14.8 Å². The molecule has 22 heavy (non-hydrogen) atoms. The highest BCUT2D eigenvalue weighted by atomic mass is 16.5. The first kappa shape index (κ1) is 14.8. The number of hydrogen-bond acceptors (Lipinski definition) is 5. The van der Waals surface area contributed by atoms with E-state index in [1.54, 1.807) is 13.0 Å². The number of rotatable bonds is 4. The number of hydrogen-bond donors (Lipinski definition) is 2. The second kappa shape index (κ2) is 6.31. The van der Waals surface area contributed by atoms with Crippen LogP contribution in [-0.2, 0) is 4.79 Å². The summed E-state index contributed by atoms with van der Waals surface area (Å²) in [7, 11) is 0. The lowest BCUT2D eigenvalue weighted by Crippen LogP contribution is -2.39. The van der Waals surface area contributed by atoms with Crippen molar-refractivity contribution in [2.24, 2.45) is 0 Å². The normalized spacial score (nSPS) is 19.3. The van der Waals surface area contributed by atoms with Crippen molar-refractivity contribution in [3.05, 3.63) is 29.3 Å². The minimum Gasteiger partial charge on any atom is -0.360 e. The van der Waals surface area contributed by atoms with Crippen molar-refractivity contribution in [2.45, 2.75) is 32.6 Å². The van der Waals surface area contributed by atoms with Crippen molar-refractivity contribution in [1.29, 1.82) is 0 Å². The fourth-order valence-electron chi connectivity index (χ4n) is 2.90. The van der Waals surface area contributed by atoms with Crippen LogP contribution in [0.3, 0.4) is 0 Å². The summed E-state index contributed by atoms with van der Waals surface area (Å²) < 4.78 is 4.94. The number of amides is 1. The maximum absolute atomic E-state index is 12.1. The van der Waals surface area contributed by atoms with Crippen molar-refractivity contribution in [2.75, 3.05) is 25.0 Å². The number of piperidine rings is 1. The first-order valence-corrected chi connectivity index (χ1v) is 7.57. The van der Waals surface area contributed by atoms with Gasteiger partial charge in [0, 0.05) is 24.2 Å². The Kier molecular flexibility index (Phi) is 4.24. The molecule has 3 rings (SSSR count). The van der Waals surface area contributed by atoms with Gasteiger partial charge in [-0.15, -0.1) is 0 Å². The number of carbonyl (C=O) groups excluding carboxylic acids is 1. The molecule has 0 aromatic carbocycles. The Labute approximate surface area is 129 Å². The Balaban J connectivity index is 1.54. The van der Waals surface area contributed by atoms with Crippen LogP contribution in [0.15, 0.2) is 16.7 Å². The summed E-state index contributed by atoms with van der Waals surface area (Å²) in [6.07, 6.45) is 2.19. The van der Waals surface area contributed by atoms with Gasteiger partial charge in [0.25, 0.3) is 0 Å². The maximum Gasteiger partial charge on any atom is 0.239 e. The van der Waals surface area contributed by atoms with Crippen molar-refractivity contribution >= 4 is 11.7 Å². The molecule has 1 fully saturated rings. The summed E-state index contributed by atoms with van der Waals surface area (Å²) in [5.41, 5.74) is 2.17. The summed E-state index contributed by atoms with van der Waals surface area (Å²) in [6.45, 7) is 5.96. The Bertz CT molecular complexity index is 648. The first-order chi connectivity index (χ1) is 10.6. The lowest BCUT2D eigenvalue weighted by atomic mass is 9.94. The highest BCUT2D eigenvalue weighted by Gasteiger charge is 2.24. The molecular weight excluding hydrogens is 282 g/mol. The molecule has 0 radical (unpaired) electrons. The lowest BCUT2D eigenvalue weighted by Gasteiger charge is -2.31. The summed E-state index contributed by atoms with van der Waals surface area (Å²) in [6, 6.07) is 3.80. The maximum atomic E-state index is 12.1. The number of H-pyrrole nitrogens is 1. The minimum absolute atomic E-state index is 0.0628. The molecule has 0 spiro atoms. The monoisotopic (exact) mass is 303 g/mol. The van der Waals surface area contributed by atoms with Gasteiger partial charge in [-0.05, 0) is 39.3 Å². The van der Waals surface area contributed by atoms with E-state index in [-0.39, 0.29) is 5.91 Å². The Morgan fingerprint density at radius 1 is 1.50 bits per heavy atom. The molecule has 3 heterocycles. The van der Waals surface area contributed by atoms with Crippen molar-refractivity contribution in [3.8, 4) is 0 Å². The lowest BCUT2D eigenvalue weighted by molar-refractivity contribution is -0.117. The van der Waals surface area contributed by atoms with E-state index in [9.17, 15) is 4.79 Å². The number of aryl methyl sites for hydroxylation is 2. The summed E-state index contributed by atoms with van der Waals surface area (Å²) in [4.78, 5) is 14.2. The fourth-order valence-corrected chi connectivity index (χ4v) is 2.90. The third kappa shape index (κ3) is 3.54. The number of likely N-dealkylation sites (tertiary alicyclic amines) is 1. The molecule has 118 valence electrons. The zero-order valence-corrected chi connectivity index (χ0v) is 12.9. The van der Waals surface area contributed by atoms with Crippen LogP contribution >= 0.6 is 0 Å². The fraction of sp³-hybridized carbons (Fsp3) is 0.533. The molecule has 1 aliphatic rings. The van der Waals surface area contributed by atoms with Crippen LogP contribution in [0.25, 0.3) is 0 Å². The number of nitrogens with one attached hydrogen (secondary N) is 2. The van der Waals surface area contributed by atoms with Gasteiger partial charge in [0.15, 0.2) is 5.82 Å². The van der Waals surface area contributed by atoms with Gasteiger partial charge in [-0.25, -0.2) is 0 Å². The summed E-state index contributed by atoms with van der Waals surface area (Å²) in [5, 5.41) is 13.9. The molecule has 7 nitrogen and oxygen atoms in total. The van der Waals surface area contributed by atoms with Crippen LogP contribution in [0.2, 0.25) is 0 Å². The van der Waals surface area contributed by atoms with E-state index in [0.717, 1.165) is 37.3 Å². The van der Waals surface area contributed by atoms with Gasteiger partial charge >= 0.3 is 0 Å². The molecule has 2 aromatic heterocycles. The average molecular weight is 303 g/mol. The molecule has 1 saturated heterocycles. The van der Waals surface area contributed by atoms with E-state index in [4.69, 9.17) is 4.52 Å². The van der Waals surface area contributed by atoms with Gasteiger partial charge in [-0.1, -0.05) is 5.16 Å². The topological polar surface area (TPSA) is 87.1 Å². The number of aromatic nitrogens is 3. The zero-order valence-electron chi connectivity index (χ0n) is 12.9. The number of carbonyl (C=O) groups is 1. The third-order valence-corrected chi connectivity index (χ3v) is 3.91. The quantitative estimate of drug-likeness (QED) is 0.900. The molecule has 0 aliphatic carbocycles. The van der Waals surface area contributed by atoms with Gasteiger partial charge in [0.05, 0.1) is 12.2 Å². The van der Waals surface area contributed by atoms with Crippen LogP contribution < -0.4 is 5.32 Å². The van der Waals surface area contributed by atoms with Gasteiger partial charge < -0.3 is 9.84 Å². The van der Waals surface area contributed by atoms with E-state index in [0.29, 0.717) is 24.0 Å². The van der Waals surface area contributed by atoms with Crippen molar-refractivity contribution in [1.82, 2.24) is 20.3 Å².